The molecule has 3 heterocycles. The molecule has 27 heavy (non-hydrogen) atoms. The molecule has 0 aromatic carbocycles. The summed E-state index contributed by atoms with van der Waals surface area (Å²) in [6, 6.07) is 2.73. The first-order valence-electron chi connectivity index (χ1n) is 10.7. The molecule has 0 radical (unpaired) electrons. The highest BCUT2D eigenvalue weighted by Crippen LogP contribution is 2.41. The SMILES string of the molecule is O[C@@H]1C[C@H]2CN(Cc3cncn3C3CCCCC3)C[C@H]2C[C@H]1n1cccn1. The molecular formula is C21H31N5O. The second kappa shape index (κ2) is 7.40. The molecule has 0 amide bonds. The van der Waals surface area contributed by atoms with E-state index in [4.69, 9.17) is 0 Å². The molecule has 0 spiro atoms. The molecule has 6 heteroatoms. The molecule has 2 aromatic rings. The van der Waals surface area contributed by atoms with Crippen molar-refractivity contribution in [1.82, 2.24) is 24.2 Å². The molecule has 3 aliphatic rings. The second-order valence-electron chi connectivity index (χ2n) is 8.89. The smallest absolute Gasteiger partial charge is 0.0951 e. The number of hydrogen-bond acceptors (Lipinski definition) is 4. The van der Waals surface area contributed by atoms with Crippen LogP contribution in [0.4, 0.5) is 0 Å². The van der Waals surface area contributed by atoms with Crippen molar-refractivity contribution in [2.75, 3.05) is 13.1 Å². The van der Waals surface area contributed by atoms with Crippen molar-refractivity contribution >= 4 is 0 Å². The molecule has 146 valence electrons. The van der Waals surface area contributed by atoms with Crippen molar-refractivity contribution in [3.63, 3.8) is 0 Å². The number of hydrogen-bond donors (Lipinski definition) is 1. The van der Waals surface area contributed by atoms with Gasteiger partial charge in [0.1, 0.15) is 0 Å². The standard InChI is InChI=1S/C21H31N5O/c27-21-10-17-13-24(12-16(17)9-20(21)26-8-4-7-23-26)14-19-11-22-15-25(19)18-5-2-1-3-6-18/h4,7-8,11,15-18,20-21,27H,1-3,5-6,9-10,12-14H2/t16-,17+,20-,21-/m1/s1. The lowest BCUT2D eigenvalue weighted by Crippen LogP contribution is -2.36. The van der Waals surface area contributed by atoms with Gasteiger partial charge in [0.15, 0.2) is 0 Å². The lowest BCUT2D eigenvalue weighted by molar-refractivity contribution is 0.0306. The number of fused-ring (bicyclic) bond motifs is 1. The summed E-state index contributed by atoms with van der Waals surface area (Å²) in [5.41, 5.74) is 1.37. The fraction of sp³-hybridized carbons (Fsp3) is 0.714. The van der Waals surface area contributed by atoms with E-state index in [-0.39, 0.29) is 12.1 Å². The van der Waals surface area contributed by atoms with Gasteiger partial charge in [0.25, 0.3) is 0 Å². The maximum atomic E-state index is 10.7. The van der Waals surface area contributed by atoms with Crippen LogP contribution in [0.3, 0.4) is 0 Å². The molecule has 5 rings (SSSR count). The van der Waals surface area contributed by atoms with Crippen LogP contribution in [0.1, 0.15) is 62.7 Å². The number of aliphatic hydroxyl groups is 1. The van der Waals surface area contributed by atoms with Crippen LogP contribution in [0.2, 0.25) is 0 Å². The van der Waals surface area contributed by atoms with Gasteiger partial charge < -0.3 is 9.67 Å². The Morgan fingerprint density at radius 2 is 1.89 bits per heavy atom. The molecule has 4 atom stereocenters. The van der Waals surface area contributed by atoms with E-state index >= 15 is 0 Å². The summed E-state index contributed by atoms with van der Waals surface area (Å²) in [7, 11) is 0. The lowest BCUT2D eigenvalue weighted by Gasteiger charge is -2.35. The van der Waals surface area contributed by atoms with Gasteiger partial charge in [0.05, 0.1) is 24.2 Å². The highest BCUT2D eigenvalue weighted by atomic mass is 16.3. The van der Waals surface area contributed by atoms with Gasteiger partial charge in [0, 0.05) is 44.3 Å². The van der Waals surface area contributed by atoms with Gasteiger partial charge >= 0.3 is 0 Å². The fourth-order valence-electron chi connectivity index (χ4n) is 5.77. The Hall–Kier alpha value is -1.66. The Balaban J connectivity index is 1.25. The van der Waals surface area contributed by atoms with Crippen molar-refractivity contribution in [1.29, 1.82) is 0 Å². The summed E-state index contributed by atoms with van der Waals surface area (Å²) in [5, 5.41) is 15.0. The van der Waals surface area contributed by atoms with Crippen molar-refractivity contribution in [2.45, 2.75) is 69.7 Å². The van der Waals surface area contributed by atoms with Crippen molar-refractivity contribution in [2.24, 2.45) is 11.8 Å². The van der Waals surface area contributed by atoms with Gasteiger partial charge in [-0.1, -0.05) is 19.3 Å². The van der Waals surface area contributed by atoms with Gasteiger partial charge in [-0.05, 0) is 43.6 Å². The lowest BCUT2D eigenvalue weighted by atomic mass is 9.77. The first-order chi connectivity index (χ1) is 13.3. The molecular weight excluding hydrogens is 338 g/mol. The van der Waals surface area contributed by atoms with Crippen LogP contribution < -0.4 is 0 Å². The third kappa shape index (κ3) is 3.45. The summed E-state index contributed by atoms with van der Waals surface area (Å²) in [6.45, 7) is 3.22. The van der Waals surface area contributed by atoms with Crippen LogP contribution in [0, 0.1) is 11.8 Å². The average Bonchev–Trinajstić information content (AvgIpc) is 3.42. The monoisotopic (exact) mass is 369 g/mol. The number of imidazole rings is 1. The maximum Gasteiger partial charge on any atom is 0.0951 e. The molecule has 0 bridgehead atoms. The van der Waals surface area contributed by atoms with Crippen LogP contribution in [0.5, 0.6) is 0 Å². The van der Waals surface area contributed by atoms with E-state index in [2.05, 4.69) is 25.7 Å². The van der Waals surface area contributed by atoms with Crippen molar-refractivity contribution < 1.29 is 5.11 Å². The zero-order chi connectivity index (χ0) is 18.2. The second-order valence-corrected chi connectivity index (χ2v) is 8.89. The van der Waals surface area contributed by atoms with Gasteiger partial charge in [-0.25, -0.2) is 4.98 Å². The Morgan fingerprint density at radius 3 is 2.67 bits per heavy atom. The zero-order valence-electron chi connectivity index (χ0n) is 16.0. The quantitative estimate of drug-likeness (QED) is 0.900. The van der Waals surface area contributed by atoms with Crippen LogP contribution in [0.15, 0.2) is 31.0 Å². The van der Waals surface area contributed by atoms with E-state index in [1.54, 1.807) is 0 Å². The minimum atomic E-state index is -0.279. The zero-order valence-corrected chi connectivity index (χ0v) is 16.0. The molecule has 1 aliphatic heterocycles. The van der Waals surface area contributed by atoms with Crippen LogP contribution >= 0.6 is 0 Å². The highest BCUT2D eigenvalue weighted by Gasteiger charge is 2.42. The van der Waals surface area contributed by atoms with Gasteiger partial charge in [-0.15, -0.1) is 0 Å². The first-order valence-corrected chi connectivity index (χ1v) is 10.7. The average molecular weight is 370 g/mol. The van der Waals surface area contributed by atoms with Crippen molar-refractivity contribution in [3.05, 3.63) is 36.7 Å². The van der Waals surface area contributed by atoms with Gasteiger partial charge in [-0.2, -0.15) is 5.10 Å². The molecule has 0 unspecified atom stereocenters. The predicted octanol–water partition coefficient (Wildman–Crippen LogP) is 3.03. The number of aliphatic hydroxyl groups excluding tert-OH is 1. The first kappa shape index (κ1) is 17.4. The molecule has 6 nitrogen and oxygen atoms in total. The van der Waals surface area contributed by atoms with Gasteiger partial charge in [-0.3, -0.25) is 9.58 Å². The minimum Gasteiger partial charge on any atom is -0.391 e. The maximum absolute atomic E-state index is 10.7. The van der Waals surface area contributed by atoms with Crippen molar-refractivity contribution in [3.8, 4) is 0 Å². The number of aromatic nitrogens is 4. The molecule has 1 saturated heterocycles. The van der Waals surface area contributed by atoms with E-state index in [0.29, 0.717) is 17.9 Å². The molecule has 2 aliphatic carbocycles. The Morgan fingerprint density at radius 1 is 1.07 bits per heavy atom. The van der Waals surface area contributed by atoms with E-state index < -0.39 is 0 Å². The van der Waals surface area contributed by atoms with Crippen LogP contribution in [-0.2, 0) is 6.54 Å². The Bertz CT molecular complexity index is 736. The summed E-state index contributed by atoms with van der Waals surface area (Å²) in [6.07, 6.45) is 16.2. The molecule has 2 saturated carbocycles. The van der Waals surface area contributed by atoms with E-state index in [1.165, 1.54) is 37.8 Å². The summed E-state index contributed by atoms with van der Waals surface area (Å²) < 4.78 is 4.41. The predicted molar refractivity (Wildman–Crippen MR) is 103 cm³/mol. The van der Waals surface area contributed by atoms with E-state index in [0.717, 1.165) is 32.5 Å². The third-order valence-electron chi connectivity index (χ3n) is 7.15. The summed E-state index contributed by atoms with van der Waals surface area (Å²) >= 11 is 0. The summed E-state index contributed by atoms with van der Waals surface area (Å²) in [5.74, 6) is 1.27. The normalized spacial score (nSPS) is 32.6. The van der Waals surface area contributed by atoms with Crippen LogP contribution in [0.25, 0.3) is 0 Å². The largest absolute Gasteiger partial charge is 0.391 e. The minimum absolute atomic E-state index is 0.133. The summed E-state index contributed by atoms with van der Waals surface area (Å²) in [4.78, 5) is 7.06. The topological polar surface area (TPSA) is 59.1 Å². The Labute approximate surface area is 161 Å². The fourth-order valence-corrected chi connectivity index (χ4v) is 5.77. The van der Waals surface area contributed by atoms with Crippen LogP contribution in [-0.4, -0.2) is 48.5 Å². The van der Waals surface area contributed by atoms with E-state index in [9.17, 15) is 5.11 Å². The highest BCUT2D eigenvalue weighted by molar-refractivity contribution is 5.04. The molecule has 3 fully saturated rings. The van der Waals surface area contributed by atoms with E-state index in [1.807, 2.05) is 29.5 Å². The molecule has 1 N–H and O–H groups in total. The van der Waals surface area contributed by atoms with Gasteiger partial charge in [0.2, 0.25) is 0 Å². The number of nitrogens with zero attached hydrogens (tertiary/aromatic N) is 5. The third-order valence-corrected chi connectivity index (χ3v) is 7.15. The number of rotatable bonds is 4. The number of likely N-dealkylation sites (tertiary alicyclic amines) is 1. The molecule has 2 aromatic heterocycles. The Kier molecular flexibility index (Phi) is 4.78.